The number of halogens is 1. The largest absolute Gasteiger partial charge is 0.394 e. The van der Waals surface area contributed by atoms with Crippen LogP contribution in [0.25, 0.3) is 0 Å². The lowest BCUT2D eigenvalue weighted by Gasteiger charge is -2.60. The minimum absolute atomic E-state index is 0.0263. The summed E-state index contributed by atoms with van der Waals surface area (Å²) < 4.78 is 19.6. The van der Waals surface area contributed by atoms with Gasteiger partial charge in [-0.3, -0.25) is 0 Å². The lowest BCUT2D eigenvalue weighted by atomic mass is 9.54. The minimum atomic E-state index is -0.479. The first kappa shape index (κ1) is 16.9. The highest BCUT2D eigenvalue weighted by atomic mass is 19.1. The molecule has 0 saturated heterocycles. The number of benzene rings is 1. The van der Waals surface area contributed by atoms with Crippen LogP contribution in [0.4, 0.5) is 4.39 Å². The van der Waals surface area contributed by atoms with Crippen molar-refractivity contribution < 1.29 is 14.2 Å². The summed E-state index contributed by atoms with van der Waals surface area (Å²) in [5, 5.41) is 21.9. The number of hydrogen-bond donors (Lipinski definition) is 2. The van der Waals surface area contributed by atoms with Crippen LogP contribution in [0.5, 0.6) is 0 Å². The van der Waals surface area contributed by atoms with E-state index in [1.54, 1.807) is 12.1 Å². The molecule has 1 aromatic rings. The molecule has 1 aliphatic carbocycles. The molecule has 2 N–H and O–H groups in total. The zero-order valence-corrected chi connectivity index (χ0v) is 13.3. The van der Waals surface area contributed by atoms with E-state index < -0.39 is 11.4 Å². The molecule has 2 rings (SSSR count). The van der Waals surface area contributed by atoms with Crippen LogP contribution in [0.15, 0.2) is 18.2 Å². The zero-order valence-electron chi connectivity index (χ0n) is 13.3. The van der Waals surface area contributed by atoms with Crippen LogP contribution in [0.1, 0.15) is 38.3 Å². The normalized spacial score (nSPS) is 26.3. The molecule has 0 aromatic heterocycles. The number of nitriles is 1. The van der Waals surface area contributed by atoms with Gasteiger partial charge in [-0.2, -0.15) is 5.26 Å². The second-order valence-electron chi connectivity index (χ2n) is 6.38. The molecule has 0 aliphatic heterocycles. The Labute approximate surface area is 130 Å². The smallest absolute Gasteiger partial charge is 0.129 e. The molecule has 120 valence electrons. The van der Waals surface area contributed by atoms with Crippen LogP contribution in [0.3, 0.4) is 0 Å². The average Bonchev–Trinajstić information content (AvgIpc) is 2.51. The van der Waals surface area contributed by atoms with Gasteiger partial charge in [-0.15, -0.1) is 0 Å². The summed E-state index contributed by atoms with van der Waals surface area (Å²) in [4.78, 5) is 0. The molecule has 1 saturated carbocycles. The van der Waals surface area contributed by atoms with Gasteiger partial charge in [0.05, 0.1) is 29.9 Å². The maximum Gasteiger partial charge on any atom is 0.129 e. The van der Waals surface area contributed by atoms with Gasteiger partial charge in [-0.05, 0) is 25.5 Å². The molecular weight excluding hydrogens is 283 g/mol. The maximum absolute atomic E-state index is 13.9. The van der Waals surface area contributed by atoms with Crippen molar-refractivity contribution in [1.29, 1.82) is 5.26 Å². The molecule has 1 fully saturated rings. The third kappa shape index (κ3) is 2.74. The van der Waals surface area contributed by atoms with Gasteiger partial charge >= 0.3 is 0 Å². The Morgan fingerprint density at radius 3 is 2.73 bits per heavy atom. The van der Waals surface area contributed by atoms with Gasteiger partial charge in [-0.25, -0.2) is 4.39 Å². The maximum atomic E-state index is 13.9. The Morgan fingerprint density at radius 1 is 1.50 bits per heavy atom. The lowest BCUT2D eigenvalue weighted by Crippen LogP contribution is -2.73. The number of rotatable bonds is 6. The van der Waals surface area contributed by atoms with Crippen molar-refractivity contribution in [3.05, 3.63) is 35.1 Å². The minimum Gasteiger partial charge on any atom is -0.394 e. The molecule has 0 heterocycles. The third-order valence-electron chi connectivity index (χ3n) is 5.01. The molecule has 2 atom stereocenters. The number of ether oxygens (including phenoxy) is 1. The van der Waals surface area contributed by atoms with Gasteiger partial charge in [0, 0.05) is 24.1 Å². The van der Waals surface area contributed by atoms with Crippen molar-refractivity contribution >= 4 is 0 Å². The van der Waals surface area contributed by atoms with E-state index >= 15 is 0 Å². The van der Waals surface area contributed by atoms with Crippen molar-refractivity contribution in [3.63, 3.8) is 0 Å². The van der Waals surface area contributed by atoms with E-state index in [0.717, 1.165) is 0 Å². The molecule has 0 radical (unpaired) electrons. The highest BCUT2D eigenvalue weighted by molar-refractivity contribution is 5.33. The van der Waals surface area contributed by atoms with E-state index in [2.05, 4.69) is 19.2 Å². The summed E-state index contributed by atoms with van der Waals surface area (Å²) in [6.45, 7) is 6.97. The van der Waals surface area contributed by atoms with E-state index in [1.807, 2.05) is 13.0 Å². The van der Waals surface area contributed by atoms with Crippen LogP contribution in [0.2, 0.25) is 0 Å². The van der Waals surface area contributed by atoms with Crippen molar-refractivity contribution in [2.45, 2.75) is 45.4 Å². The first-order chi connectivity index (χ1) is 10.4. The summed E-state index contributed by atoms with van der Waals surface area (Å²) in [5.41, 5.74) is 0.0783. The monoisotopic (exact) mass is 306 g/mol. The van der Waals surface area contributed by atoms with E-state index in [4.69, 9.17) is 10.00 Å². The Kier molecular flexibility index (Phi) is 4.86. The fourth-order valence-electron chi connectivity index (χ4n) is 3.13. The predicted molar refractivity (Wildman–Crippen MR) is 81.6 cm³/mol. The quantitative estimate of drug-likeness (QED) is 0.847. The molecule has 1 aromatic carbocycles. The van der Waals surface area contributed by atoms with Crippen LogP contribution >= 0.6 is 0 Å². The fraction of sp³-hybridized carbons (Fsp3) is 0.588. The first-order valence-corrected chi connectivity index (χ1v) is 7.56. The number of nitrogens with one attached hydrogen (secondary N) is 1. The Hall–Kier alpha value is -1.48. The van der Waals surface area contributed by atoms with Gasteiger partial charge < -0.3 is 15.2 Å². The molecule has 1 aliphatic rings. The van der Waals surface area contributed by atoms with Gasteiger partial charge in [0.1, 0.15) is 5.82 Å². The Morgan fingerprint density at radius 2 is 2.23 bits per heavy atom. The number of aliphatic hydroxyl groups excluding tert-OH is 1. The van der Waals surface area contributed by atoms with E-state index in [9.17, 15) is 9.50 Å². The summed E-state index contributed by atoms with van der Waals surface area (Å²) in [6.07, 6.45) is 0.783. The number of aliphatic hydroxyl groups is 1. The second-order valence-corrected chi connectivity index (χ2v) is 6.38. The third-order valence-corrected chi connectivity index (χ3v) is 5.01. The molecular formula is C17H23FN2O2. The average molecular weight is 306 g/mol. The van der Waals surface area contributed by atoms with Crippen molar-refractivity contribution in [3.8, 4) is 6.07 Å². The summed E-state index contributed by atoms with van der Waals surface area (Å²) >= 11 is 0. The van der Waals surface area contributed by atoms with Crippen LogP contribution in [0, 0.1) is 22.6 Å². The molecule has 4 nitrogen and oxygen atoms in total. The summed E-state index contributed by atoms with van der Waals surface area (Å²) in [7, 11) is 0. The highest BCUT2D eigenvalue weighted by Crippen LogP contribution is 2.51. The first-order valence-electron chi connectivity index (χ1n) is 7.56. The van der Waals surface area contributed by atoms with Crippen molar-refractivity contribution in [2.75, 3.05) is 13.2 Å². The van der Waals surface area contributed by atoms with Crippen LogP contribution in [-0.2, 0) is 11.3 Å². The Bertz CT molecular complexity index is 583. The van der Waals surface area contributed by atoms with E-state index in [1.165, 1.54) is 6.07 Å². The highest BCUT2D eigenvalue weighted by Gasteiger charge is 2.60. The lowest BCUT2D eigenvalue weighted by molar-refractivity contribution is -0.177. The zero-order chi connectivity index (χ0) is 16.4. The van der Waals surface area contributed by atoms with Gasteiger partial charge in [0.25, 0.3) is 0 Å². The van der Waals surface area contributed by atoms with Gasteiger partial charge in [-0.1, -0.05) is 19.9 Å². The molecule has 5 heteroatoms. The standard InChI is InChI=1S/C17H23FN2O2/c1-4-22-15-8-17(11-21,16(15,2)3)20-10-13-6-5-12(9-19)7-14(13)18/h5-7,15,20-21H,4,8,10-11H2,1-3H3. The Balaban J connectivity index is 2.08. The van der Waals surface area contributed by atoms with Crippen molar-refractivity contribution in [2.24, 2.45) is 5.41 Å². The topological polar surface area (TPSA) is 65.3 Å². The molecule has 0 bridgehead atoms. The second kappa shape index (κ2) is 6.33. The van der Waals surface area contributed by atoms with Crippen molar-refractivity contribution in [1.82, 2.24) is 5.32 Å². The molecule has 0 amide bonds. The van der Waals surface area contributed by atoms with E-state index in [0.29, 0.717) is 30.7 Å². The van der Waals surface area contributed by atoms with Crippen LogP contribution < -0.4 is 5.32 Å². The SMILES string of the molecule is CCOC1CC(CO)(NCc2ccc(C#N)cc2F)C1(C)C. The molecule has 22 heavy (non-hydrogen) atoms. The van der Waals surface area contributed by atoms with Gasteiger partial charge in [0.2, 0.25) is 0 Å². The molecule has 0 spiro atoms. The number of hydrogen-bond acceptors (Lipinski definition) is 4. The summed E-state index contributed by atoms with van der Waals surface area (Å²) in [5.74, 6) is -0.405. The molecule has 2 unspecified atom stereocenters. The summed E-state index contributed by atoms with van der Waals surface area (Å²) in [6, 6.07) is 6.36. The van der Waals surface area contributed by atoms with Crippen LogP contribution in [-0.4, -0.2) is 30.0 Å². The fourth-order valence-corrected chi connectivity index (χ4v) is 3.13. The number of nitrogens with zero attached hydrogens (tertiary/aromatic N) is 1. The van der Waals surface area contributed by atoms with Gasteiger partial charge in [0.15, 0.2) is 0 Å². The predicted octanol–water partition coefficient (Wildman–Crippen LogP) is 2.35. The van der Waals surface area contributed by atoms with E-state index in [-0.39, 0.29) is 18.1 Å².